The first-order valence-electron chi connectivity index (χ1n) is 7.32. The monoisotopic (exact) mass is 327 g/mol. The van der Waals surface area contributed by atoms with Gasteiger partial charge < -0.3 is 14.5 Å². The quantitative estimate of drug-likeness (QED) is 0.766. The zero-order valence-electron chi connectivity index (χ0n) is 13.6. The van der Waals surface area contributed by atoms with Gasteiger partial charge in [-0.1, -0.05) is 12.1 Å². The third-order valence-electron chi connectivity index (χ3n) is 3.45. The summed E-state index contributed by atoms with van der Waals surface area (Å²) < 4.78 is 12.0. The summed E-state index contributed by atoms with van der Waals surface area (Å²) in [6.07, 6.45) is 0. The lowest BCUT2D eigenvalue weighted by atomic mass is 10.1. The molecule has 8 nitrogen and oxygen atoms in total. The minimum absolute atomic E-state index is 0.166. The number of methoxy groups -OCH3 is 1. The summed E-state index contributed by atoms with van der Waals surface area (Å²) in [6, 6.07) is 9.23. The number of benzene rings is 1. The van der Waals surface area contributed by atoms with Crippen LogP contribution in [-0.2, 0) is 13.6 Å². The summed E-state index contributed by atoms with van der Waals surface area (Å²) in [5.41, 5.74) is 2.00. The van der Waals surface area contributed by atoms with Gasteiger partial charge in [-0.3, -0.25) is 9.48 Å². The number of carbonyl (C=O) groups excluding carboxylic acids is 1. The zero-order valence-corrected chi connectivity index (χ0v) is 13.6. The van der Waals surface area contributed by atoms with Gasteiger partial charge in [-0.2, -0.15) is 5.10 Å². The first kappa shape index (κ1) is 15.7. The van der Waals surface area contributed by atoms with Gasteiger partial charge in [-0.05, 0) is 18.2 Å². The second kappa shape index (κ2) is 6.53. The fourth-order valence-electron chi connectivity index (χ4n) is 2.26. The predicted octanol–water partition coefficient (Wildman–Crippen LogP) is 1.72. The molecule has 8 heteroatoms. The Morgan fingerprint density at radius 2 is 2.17 bits per heavy atom. The van der Waals surface area contributed by atoms with Gasteiger partial charge in [-0.25, -0.2) is 0 Å². The molecular formula is C16H17N5O3. The predicted molar refractivity (Wildman–Crippen MR) is 85.4 cm³/mol. The van der Waals surface area contributed by atoms with Gasteiger partial charge in [0.1, 0.15) is 11.4 Å². The highest BCUT2D eigenvalue weighted by molar-refractivity contribution is 5.93. The number of hydrogen-bond donors (Lipinski definition) is 1. The average Bonchev–Trinajstić information content (AvgIpc) is 3.18. The van der Waals surface area contributed by atoms with Crippen LogP contribution in [0.15, 0.2) is 34.7 Å². The molecule has 0 saturated heterocycles. The highest BCUT2D eigenvalue weighted by atomic mass is 16.5. The molecule has 0 aliphatic rings. The molecule has 24 heavy (non-hydrogen) atoms. The lowest BCUT2D eigenvalue weighted by molar-refractivity contribution is 0.0937. The molecule has 1 amide bonds. The number of nitrogens with one attached hydrogen (secondary N) is 1. The summed E-state index contributed by atoms with van der Waals surface area (Å²) in [4.78, 5) is 12.3. The molecule has 2 aromatic heterocycles. The van der Waals surface area contributed by atoms with Crippen LogP contribution in [0.1, 0.15) is 22.3 Å². The first-order valence-corrected chi connectivity index (χ1v) is 7.32. The summed E-state index contributed by atoms with van der Waals surface area (Å²) in [6.45, 7) is 1.86. The van der Waals surface area contributed by atoms with Crippen molar-refractivity contribution in [3.05, 3.63) is 47.8 Å². The van der Waals surface area contributed by atoms with Crippen LogP contribution in [0.2, 0.25) is 0 Å². The van der Waals surface area contributed by atoms with Crippen LogP contribution < -0.4 is 10.1 Å². The smallest absolute Gasteiger partial charge is 0.269 e. The molecule has 2 heterocycles. The lowest BCUT2D eigenvalue weighted by Crippen LogP contribution is -2.25. The summed E-state index contributed by atoms with van der Waals surface area (Å²) >= 11 is 0. The van der Waals surface area contributed by atoms with Crippen molar-refractivity contribution < 1.29 is 13.9 Å². The molecule has 1 N–H and O–H groups in total. The van der Waals surface area contributed by atoms with E-state index in [1.807, 2.05) is 24.3 Å². The Labute approximate surface area is 138 Å². The Morgan fingerprint density at radius 1 is 1.33 bits per heavy atom. The van der Waals surface area contributed by atoms with Crippen molar-refractivity contribution in [3.8, 4) is 17.0 Å². The minimum atomic E-state index is -0.269. The van der Waals surface area contributed by atoms with Crippen LogP contribution in [0.5, 0.6) is 5.75 Å². The highest BCUT2D eigenvalue weighted by Gasteiger charge is 2.15. The molecule has 0 bridgehead atoms. The van der Waals surface area contributed by atoms with E-state index in [0.717, 1.165) is 11.3 Å². The molecule has 0 unspecified atom stereocenters. The van der Waals surface area contributed by atoms with Gasteiger partial charge in [0.05, 0.1) is 19.3 Å². The van der Waals surface area contributed by atoms with Crippen LogP contribution >= 0.6 is 0 Å². The molecule has 0 fully saturated rings. The van der Waals surface area contributed by atoms with Gasteiger partial charge >= 0.3 is 0 Å². The van der Waals surface area contributed by atoms with Crippen molar-refractivity contribution in [1.29, 1.82) is 0 Å². The maximum Gasteiger partial charge on any atom is 0.269 e. The zero-order chi connectivity index (χ0) is 17.1. The number of aryl methyl sites for hydroxylation is 2. The van der Waals surface area contributed by atoms with E-state index in [9.17, 15) is 4.79 Å². The van der Waals surface area contributed by atoms with E-state index in [-0.39, 0.29) is 12.5 Å². The number of rotatable bonds is 5. The van der Waals surface area contributed by atoms with E-state index in [4.69, 9.17) is 9.15 Å². The van der Waals surface area contributed by atoms with Crippen molar-refractivity contribution in [3.63, 3.8) is 0 Å². The van der Waals surface area contributed by atoms with Crippen molar-refractivity contribution in [2.75, 3.05) is 7.11 Å². The molecule has 0 saturated carbocycles. The third-order valence-corrected chi connectivity index (χ3v) is 3.45. The lowest BCUT2D eigenvalue weighted by Gasteiger charge is -2.01. The molecule has 3 aromatic rings. The van der Waals surface area contributed by atoms with E-state index >= 15 is 0 Å². The molecule has 0 aliphatic carbocycles. The first-order chi connectivity index (χ1) is 11.6. The fraction of sp³-hybridized carbons (Fsp3) is 0.250. The summed E-state index contributed by atoms with van der Waals surface area (Å²) in [7, 11) is 3.32. The Hall–Kier alpha value is -3.16. The number of ether oxygens (including phenoxy) is 1. The standard InChI is InChI=1S/C16H17N5O3/c1-10-18-19-15(24-10)9-17-16(22)14-8-13(20-21(14)2)11-5-4-6-12(7-11)23-3/h4-8H,9H2,1-3H3,(H,17,22). The Kier molecular flexibility index (Phi) is 4.28. The molecule has 0 aliphatic heterocycles. The van der Waals surface area contributed by atoms with E-state index in [0.29, 0.717) is 23.2 Å². The van der Waals surface area contributed by atoms with Gasteiger partial charge in [-0.15, -0.1) is 10.2 Å². The van der Waals surface area contributed by atoms with Gasteiger partial charge in [0, 0.05) is 19.5 Å². The van der Waals surface area contributed by atoms with Crippen molar-refractivity contribution in [1.82, 2.24) is 25.3 Å². The van der Waals surface area contributed by atoms with Crippen molar-refractivity contribution in [2.45, 2.75) is 13.5 Å². The van der Waals surface area contributed by atoms with Crippen LogP contribution in [-0.4, -0.2) is 33.0 Å². The van der Waals surface area contributed by atoms with Crippen molar-refractivity contribution in [2.24, 2.45) is 7.05 Å². The molecule has 1 aromatic carbocycles. The molecule has 0 spiro atoms. The van der Waals surface area contributed by atoms with Crippen LogP contribution in [0.3, 0.4) is 0 Å². The maximum absolute atomic E-state index is 12.3. The SMILES string of the molecule is COc1cccc(-c2cc(C(=O)NCc3nnc(C)o3)n(C)n2)c1. The molecule has 0 radical (unpaired) electrons. The van der Waals surface area contributed by atoms with Gasteiger partial charge in [0.2, 0.25) is 11.8 Å². The van der Waals surface area contributed by atoms with Crippen LogP contribution in [0, 0.1) is 6.92 Å². The molecule has 124 valence electrons. The number of hydrogen-bond acceptors (Lipinski definition) is 6. The summed E-state index contributed by atoms with van der Waals surface area (Å²) in [5, 5.41) is 14.7. The fourth-order valence-corrected chi connectivity index (χ4v) is 2.26. The van der Waals surface area contributed by atoms with E-state index < -0.39 is 0 Å². The third kappa shape index (κ3) is 3.27. The number of aromatic nitrogens is 4. The Morgan fingerprint density at radius 3 is 2.88 bits per heavy atom. The minimum Gasteiger partial charge on any atom is -0.497 e. The second-order valence-electron chi connectivity index (χ2n) is 5.17. The largest absolute Gasteiger partial charge is 0.497 e. The van der Waals surface area contributed by atoms with Crippen LogP contribution in [0.4, 0.5) is 0 Å². The Balaban J connectivity index is 1.76. The normalized spacial score (nSPS) is 10.6. The molecular weight excluding hydrogens is 310 g/mol. The maximum atomic E-state index is 12.3. The Bertz CT molecular complexity index is 868. The highest BCUT2D eigenvalue weighted by Crippen LogP contribution is 2.23. The average molecular weight is 327 g/mol. The van der Waals surface area contributed by atoms with Crippen molar-refractivity contribution >= 4 is 5.91 Å². The van der Waals surface area contributed by atoms with E-state index in [2.05, 4.69) is 20.6 Å². The summed E-state index contributed by atoms with van der Waals surface area (Å²) in [5.74, 6) is 1.28. The van der Waals surface area contributed by atoms with Gasteiger partial charge in [0.25, 0.3) is 5.91 Å². The van der Waals surface area contributed by atoms with Gasteiger partial charge in [0.15, 0.2) is 0 Å². The number of carbonyl (C=O) groups is 1. The number of amides is 1. The molecule has 3 rings (SSSR count). The molecule has 0 atom stereocenters. The van der Waals surface area contributed by atoms with E-state index in [1.54, 1.807) is 27.1 Å². The topological polar surface area (TPSA) is 95.1 Å². The second-order valence-corrected chi connectivity index (χ2v) is 5.17. The number of nitrogens with zero attached hydrogens (tertiary/aromatic N) is 4. The van der Waals surface area contributed by atoms with Crippen LogP contribution in [0.25, 0.3) is 11.3 Å². The van der Waals surface area contributed by atoms with E-state index in [1.165, 1.54) is 4.68 Å².